The standard InChI is InChI=1S/C21H22FN5OS/c1-27(2)14-16-11-15(6-7-18(16)22)13-25-21(28)26-17-8-10-24-20(12-17)29-19-5-3-4-9-23-19/h3-12H,13-14H2,1-2H3,(H2,24,25,26,28). The summed E-state index contributed by atoms with van der Waals surface area (Å²) < 4.78 is 13.9. The maximum absolute atomic E-state index is 13.9. The monoisotopic (exact) mass is 411 g/mol. The highest BCUT2D eigenvalue weighted by molar-refractivity contribution is 7.99. The van der Waals surface area contributed by atoms with Crippen LogP contribution in [0.2, 0.25) is 0 Å². The van der Waals surface area contributed by atoms with Gasteiger partial charge >= 0.3 is 6.03 Å². The molecule has 2 aromatic heterocycles. The van der Waals surface area contributed by atoms with Crippen LogP contribution in [0, 0.1) is 5.82 Å². The van der Waals surface area contributed by atoms with Crippen LogP contribution in [0.25, 0.3) is 0 Å². The number of nitrogens with one attached hydrogen (secondary N) is 2. The van der Waals surface area contributed by atoms with Gasteiger partial charge in [0.1, 0.15) is 15.9 Å². The van der Waals surface area contributed by atoms with E-state index in [-0.39, 0.29) is 11.8 Å². The molecule has 0 spiro atoms. The number of hydrogen-bond acceptors (Lipinski definition) is 5. The minimum atomic E-state index is -0.344. The van der Waals surface area contributed by atoms with Gasteiger partial charge in [-0.15, -0.1) is 0 Å². The number of pyridine rings is 2. The molecular weight excluding hydrogens is 389 g/mol. The van der Waals surface area contributed by atoms with E-state index in [1.165, 1.54) is 17.8 Å². The van der Waals surface area contributed by atoms with Crippen molar-refractivity contribution < 1.29 is 9.18 Å². The van der Waals surface area contributed by atoms with Gasteiger partial charge in [0.25, 0.3) is 0 Å². The second-order valence-electron chi connectivity index (χ2n) is 6.62. The molecule has 0 bridgehead atoms. The fourth-order valence-electron chi connectivity index (χ4n) is 2.62. The predicted molar refractivity (Wildman–Crippen MR) is 112 cm³/mol. The molecule has 0 aliphatic carbocycles. The van der Waals surface area contributed by atoms with Gasteiger partial charge in [-0.25, -0.2) is 19.2 Å². The second kappa shape index (κ2) is 9.99. The van der Waals surface area contributed by atoms with Gasteiger partial charge in [0, 0.05) is 36.7 Å². The van der Waals surface area contributed by atoms with Crippen LogP contribution in [0.3, 0.4) is 0 Å². The van der Waals surface area contributed by atoms with Crippen LogP contribution in [-0.2, 0) is 13.1 Å². The summed E-state index contributed by atoms with van der Waals surface area (Å²) in [5.41, 5.74) is 2.06. The molecule has 0 saturated carbocycles. The summed E-state index contributed by atoms with van der Waals surface area (Å²) in [4.78, 5) is 22.7. The Morgan fingerprint density at radius 3 is 2.66 bits per heavy atom. The average Bonchev–Trinajstić information content (AvgIpc) is 2.69. The molecule has 0 atom stereocenters. The molecule has 29 heavy (non-hydrogen) atoms. The molecule has 0 aliphatic heterocycles. The minimum absolute atomic E-state index is 0.248. The Hall–Kier alpha value is -2.97. The predicted octanol–water partition coefficient (Wildman–Crippen LogP) is 4.15. The second-order valence-corrected chi connectivity index (χ2v) is 7.66. The Kier molecular flexibility index (Phi) is 7.15. The van der Waals surface area contributed by atoms with Crippen molar-refractivity contribution in [2.75, 3.05) is 19.4 Å². The van der Waals surface area contributed by atoms with E-state index in [0.29, 0.717) is 24.3 Å². The van der Waals surface area contributed by atoms with Gasteiger partial charge in [-0.1, -0.05) is 23.9 Å². The van der Waals surface area contributed by atoms with Crippen LogP contribution in [0.15, 0.2) is 71.0 Å². The molecule has 3 rings (SSSR count). The molecule has 0 fully saturated rings. The number of urea groups is 1. The number of amides is 2. The van der Waals surface area contributed by atoms with E-state index in [9.17, 15) is 9.18 Å². The topological polar surface area (TPSA) is 70.2 Å². The van der Waals surface area contributed by atoms with Crippen LogP contribution < -0.4 is 10.6 Å². The minimum Gasteiger partial charge on any atom is -0.334 e. The quantitative estimate of drug-likeness (QED) is 0.611. The number of aromatic nitrogens is 2. The number of benzene rings is 1. The fourth-order valence-corrected chi connectivity index (χ4v) is 3.39. The summed E-state index contributed by atoms with van der Waals surface area (Å²) in [6.07, 6.45) is 3.35. The van der Waals surface area contributed by atoms with Crippen LogP contribution in [0.1, 0.15) is 11.1 Å². The lowest BCUT2D eigenvalue weighted by molar-refractivity contribution is 0.251. The average molecular weight is 412 g/mol. The molecule has 8 heteroatoms. The summed E-state index contributed by atoms with van der Waals surface area (Å²) in [5.74, 6) is -0.248. The highest BCUT2D eigenvalue weighted by Gasteiger charge is 2.08. The largest absolute Gasteiger partial charge is 0.334 e. The highest BCUT2D eigenvalue weighted by Crippen LogP contribution is 2.25. The Morgan fingerprint density at radius 1 is 1.07 bits per heavy atom. The van der Waals surface area contributed by atoms with Crippen LogP contribution in [0.5, 0.6) is 0 Å². The lowest BCUT2D eigenvalue weighted by Gasteiger charge is -2.13. The van der Waals surface area contributed by atoms with Crippen molar-refractivity contribution in [3.8, 4) is 0 Å². The lowest BCUT2D eigenvalue weighted by atomic mass is 10.1. The third kappa shape index (κ3) is 6.55. The first kappa shape index (κ1) is 20.8. The maximum atomic E-state index is 13.9. The van der Waals surface area contributed by atoms with E-state index in [0.717, 1.165) is 15.6 Å². The Balaban J connectivity index is 1.56. The van der Waals surface area contributed by atoms with E-state index < -0.39 is 0 Å². The molecule has 150 valence electrons. The van der Waals surface area contributed by atoms with Gasteiger partial charge in [0.15, 0.2) is 0 Å². The van der Waals surface area contributed by atoms with Crippen molar-refractivity contribution >= 4 is 23.5 Å². The van der Waals surface area contributed by atoms with E-state index >= 15 is 0 Å². The molecule has 3 aromatic rings. The molecule has 0 saturated heterocycles. The summed E-state index contributed by atoms with van der Waals surface area (Å²) in [6, 6.07) is 13.7. The Labute approximate surface area is 173 Å². The number of carbonyl (C=O) groups excluding carboxylic acids is 1. The third-order valence-corrected chi connectivity index (χ3v) is 4.77. The molecule has 0 radical (unpaired) electrons. The maximum Gasteiger partial charge on any atom is 0.319 e. The van der Waals surface area contributed by atoms with Crippen molar-refractivity contribution in [3.05, 3.63) is 77.9 Å². The van der Waals surface area contributed by atoms with Crippen LogP contribution in [0.4, 0.5) is 14.9 Å². The first-order valence-corrected chi connectivity index (χ1v) is 9.83. The van der Waals surface area contributed by atoms with Gasteiger partial charge in [0.2, 0.25) is 0 Å². The van der Waals surface area contributed by atoms with Crippen molar-refractivity contribution in [3.63, 3.8) is 0 Å². The number of anilines is 1. The Bertz CT molecular complexity index is 968. The molecule has 1 aromatic carbocycles. The van der Waals surface area contributed by atoms with Crippen LogP contribution >= 0.6 is 11.8 Å². The number of rotatable bonds is 7. The summed E-state index contributed by atoms with van der Waals surface area (Å²) in [7, 11) is 3.76. The normalized spacial score (nSPS) is 10.8. The van der Waals surface area contributed by atoms with Crippen molar-refractivity contribution in [1.82, 2.24) is 20.2 Å². The first-order chi connectivity index (χ1) is 14.0. The van der Waals surface area contributed by atoms with Gasteiger partial charge in [-0.2, -0.15) is 0 Å². The third-order valence-electron chi connectivity index (χ3n) is 3.89. The summed E-state index contributed by atoms with van der Waals surface area (Å²) in [6.45, 7) is 0.798. The highest BCUT2D eigenvalue weighted by atomic mass is 32.2. The number of nitrogens with zero attached hydrogens (tertiary/aromatic N) is 3. The molecule has 0 unspecified atom stereocenters. The molecular formula is C21H22FN5OS. The zero-order valence-corrected chi connectivity index (χ0v) is 17.0. The van der Waals surface area contributed by atoms with Gasteiger partial charge in [0.05, 0.1) is 0 Å². The van der Waals surface area contributed by atoms with Gasteiger partial charge in [-0.3, -0.25) is 0 Å². The zero-order valence-electron chi connectivity index (χ0n) is 16.2. The SMILES string of the molecule is CN(C)Cc1cc(CNC(=O)Nc2ccnc(Sc3ccccn3)c2)ccc1F. The van der Waals surface area contributed by atoms with E-state index in [1.807, 2.05) is 37.2 Å². The molecule has 2 N–H and O–H groups in total. The van der Waals surface area contributed by atoms with E-state index in [1.54, 1.807) is 36.7 Å². The zero-order chi connectivity index (χ0) is 20.6. The van der Waals surface area contributed by atoms with Crippen molar-refractivity contribution in [1.29, 1.82) is 0 Å². The molecule has 6 nitrogen and oxygen atoms in total. The number of carbonyl (C=O) groups is 1. The number of halogens is 1. The van der Waals surface area contributed by atoms with Gasteiger partial charge < -0.3 is 15.5 Å². The van der Waals surface area contributed by atoms with E-state index in [4.69, 9.17) is 0 Å². The van der Waals surface area contributed by atoms with Crippen molar-refractivity contribution in [2.45, 2.75) is 23.1 Å². The molecule has 0 aliphatic rings. The van der Waals surface area contributed by atoms with Crippen LogP contribution in [-0.4, -0.2) is 35.0 Å². The number of hydrogen-bond donors (Lipinski definition) is 2. The first-order valence-electron chi connectivity index (χ1n) is 9.01. The Morgan fingerprint density at radius 2 is 1.90 bits per heavy atom. The van der Waals surface area contributed by atoms with E-state index in [2.05, 4.69) is 20.6 Å². The smallest absolute Gasteiger partial charge is 0.319 e. The molecule has 2 amide bonds. The fraction of sp³-hybridized carbons (Fsp3) is 0.190. The molecule has 2 heterocycles. The summed E-state index contributed by atoms with van der Waals surface area (Å²) >= 11 is 1.41. The van der Waals surface area contributed by atoms with Gasteiger partial charge in [-0.05, 0) is 56.1 Å². The van der Waals surface area contributed by atoms with Crippen molar-refractivity contribution in [2.24, 2.45) is 0 Å². The summed E-state index contributed by atoms with van der Waals surface area (Å²) in [5, 5.41) is 7.14. The lowest BCUT2D eigenvalue weighted by Crippen LogP contribution is -2.28.